The van der Waals surface area contributed by atoms with Crippen LogP contribution in [0.3, 0.4) is 0 Å². The molecule has 1 aromatic rings. The van der Waals surface area contributed by atoms with Crippen LogP contribution in [0.15, 0.2) is 28.7 Å². The highest BCUT2D eigenvalue weighted by atomic mass is 79.9. The molecule has 0 bridgehead atoms. The summed E-state index contributed by atoms with van der Waals surface area (Å²) < 4.78 is 1.14. The van der Waals surface area contributed by atoms with Crippen molar-refractivity contribution in [3.8, 4) is 0 Å². The molecular weight excluding hydrogens is 264 g/mol. The topological polar surface area (TPSA) is 38.0 Å². The first-order chi connectivity index (χ1) is 7.74. The van der Waals surface area contributed by atoms with Crippen molar-refractivity contribution in [3.63, 3.8) is 0 Å². The highest BCUT2D eigenvalue weighted by Crippen LogP contribution is 2.39. The van der Waals surface area contributed by atoms with Crippen molar-refractivity contribution >= 4 is 15.9 Å². The lowest BCUT2D eigenvalue weighted by Gasteiger charge is -2.41. The average molecular weight is 283 g/mol. The van der Waals surface area contributed by atoms with Crippen molar-refractivity contribution in [1.29, 1.82) is 0 Å². The number of nitrogens with one attached hydrogen (secondary N) is 1. The zero-order chi connectivity index (χ0) is 11.4. The SMILES string of the molecule is NCC1(CNCc2cccc(Br)c2)CCC1. The molecule has 2 nitrogen and oxygen atoms in total. The first-order valence-corrected chi connectivity index (χ1v) is 6.69. The standard InChI is InChI=1S/C13H19BrN2/c14-12-4-1-3-11(7-12)8-16-10-13(9-15)5-2-6-13/h1,3-4,7,16H,2,5-6,8-10,15H2. The molecule has 0 radical (unpaired) electrons. The van der Waals surface area contributed by atoms with Crippen LogP contribution in [0.5, 0.6) is 0 Å². The zero-order valence-corrected chi connectivity index (χ0v) is 11.1. The Balaban J connectivity index is 1.79. The smallest absolute Gasteiger partial charge is 0.0206 e. The molecule has 1 aliphatic carbocycles. The number of hydrogen-bond acceptors (Lipinski definition) is 2. The van der Waals surface area contributed by atoms with E-state index in [1.54, 1.807) is 0 Å². The molecule has 0 spiro atoms. The van der Waals surface area contributed by atoms with Gasteiger partial charge >= 0.3 is 0 Å². The second kappa shape index (κ2) is 5.30. The fourth-order valence-electron chi connectivity index (χ4n) is 2.25. The Hall–Kier alpha value is -0.380. The van der Waals surface area contributed by atoms with Crippen LogP contribution < -0.4 is 11.1 Å². The second-order valence-corrected chi connectivity index (χ2v) is 5.71. The normalized spacial score (nSPS) is 18.1. The minimum absolute atomic E-state index is 0.395. The van der Waals surface area contributed by atoms with Gasteiger partial charge in [-0.1, -0.05) is 34.5 Å². The highest BCUT2D eigenvalue weighted by molar-refractivity contribution is 9.10. The summed E-state index contributed by atoms with van der Waals surface area (Å²) in [6.07, 6.45) is 3.92. The van der Waals surface area contributed by atoms with Gasteiger partial charge in [0.05, 0.1) is 0 Å². The molecule has 0 aromatic heterocycles. The summed E-state index contributed by atoms with van der Waals surface area (Å²) in [6.45, 7) is 2.80. The predicted octanol–water partition coefficient (Wildman–Crippen LogP) is 2.67. The Morgan fingerprint density at radius 1 is 1.38 bits per heavy atom. The molecule has 1 aliphatic rings. The van der Waals surface area contributed by atoms with Crippen molar-refractivity contribution in [2.24, 2.45) is 11.1 Å². The maximum atomic E-state index is 5.82. The third kappa shape index (κ3) is 2.84. The molecule has 3 heteroatoms. The molecule has 1 saturated carbocycles. The van der Waals surface area contributed by atoms with E-state index in [4.69, 9.17) is 5.73 Å². The summed E-state index contributed by atoms with van der Waals surface area (Å²) >= 11 is 3.48. The summed E-state index contributed by atoms with van der Waals surface area (Å²) in [7, 11) is 0. The van der Waals surface area contributed by atoms with Crippen molar-refractivity contribution in [1.82, 2.24) is 5.32 Å². The molecule has 0 aliphatic heterocycles. The van der Waals surface area contributed by atoms with E-state index in [1.165, 1.54) is 24.8 Å². The van der Waals surface area contributed by atoms with Crippen LogP contribution in [0.1, 0.15) is 24.8 Å². The Morgan fingerprint density at radius 3 is 2.75 bits per heavy atom. The second-order valence-electron chi connectivity index (χ2n) is 4.79. The Labute approximate surface area is 106 Å². The Kier molecular flexibility index (Phi) is 4.00. The van der Waals surface area contributed by atoms with Crippen LogP contribution in [-0.2, 0) is 6.54 Å². The van der Waals surface area contributed by atoms with Gasteiger partial charge in [-0.25, -0.2) is 0 Å². The molecule has 1 aromatic carbocycles. The summed E-state index contributed by atoms with van der Waals surface area (Å²) in [5, 5.41) is 3.52. The van der Waals surface area contributed by atoms with Gasteiger partial charge in [0.1, 0.15) is 0 Å². The summed E-state index contributed by atoms with van der Waals surface area (Å²) in [6, 6.07) is 8.43. The highest BCUT2D eigenvalue weighted by Gasteiger charge is 2.34. The molecule has 2 rings (SSSR count). The molecule has 0 amide bonds. The summed E-state index contributed by atoms with van der Waals surface area (Å²) in [5.74, 6) is 0. The predicted molar refractivity (Wildman–Crippen MR) is 71.2 cm³/mol. The molecule has 0 unspecified atom stereocenters. The average Bonchev–Trinajstić information content (AvgIpc) is 2.22. The molecule has 0 saturated heterocycles. The van der Waals surface area contributed by atoms with Gasteiger partial charge in [-0.2, -0.15) is 0 Å². The van der Waals surface area contributed by atoms with Gasteiger partial charge in [-0.3, -0.25) is 0 Å². The van der Waals surface area contributed by atoms with Crippen molar-refractivity contribution in [3.05, 3.63) is 34.3 Å². The lowest BCUT2D eigenvalue weighted by atomic mass is 9.69. The number of halogens is 1. The minimum atomic E-state index is 0.395. The van der Waals surface area contributed by atoms with E-state index in [1.807, 2.05) is 0 Å². The van der Waals surface area contributed by atoms with Crippen LogP contribution in [0.2, 0.25) is 0 Å². The Morgan fingerprint density at radius 2 is 2.19 bits per heavy atom. The summed E-state index contributed by atoms with van der Waals surface area (Å²) in [5.41, 5.74) is 7.54. The third-order valence-corrected chi connectivity index (χ3v) is 4.06. The maximum Gasteiger partial charge on any atom is 0.0206 e. The molecule has 0 heterocycles. The molecule has 0 atom stereocenters. The first kappa shape index (κ1) is 12.1. The van der Waals surface area contributed by atoms with E-state index in [9.17, 15) is 0 Å². The third-order valence-electron chi connectivity index (χ3n) is 3.57. The van der Waals surface area contributed by atoms with Crippen LogP contribution in [0.25, 0.3) is 0 Å². The van der Waals surface area contributed by atoms with E-state index in [2.05, 4.69) is 45.5 Å². The van der Waals surface area contributed by atoms with Gasteiger partial charge in [-0.05, 0) is 42.5 Å². The summed E-state index contributed by atoms with van der Waals surface area (Å²) in [4.78, 5) is 0. The number of benzene rings is 1. The van der Waals surface area contributed by atoms with Gasteiger partial charge in [0, 0.05) is 17.6 Å². The van der Waals surface area contributed by atoms with Gasteiger partial charge in [0.25, 0.3) is 0 Å². The number of nitrogens with two attached hydrogens (primary N) is 1. The van der Waals surface area contributed by atoms with E-state index < -0.39 is 0 Å². The fraction of sp³-hybridized carbons (Fsp3) is 0.538. The fourth-order valence-corrected chi connectivity index (χ4v) is 2.70. The van der Waals surface area contributed by atoms with E-state index in [0.717, 1.165) is 24.1 Å². The molecule has 3 N–H and O–H groups in total. The quantitative estimate of drug-likeness (QED) is 0.872. The van der Waals surface area contributed by atoms with Gasteiger partial charge < -0.3 is 11.1 Å². The van der Waals surface area contributed by atoms with Crippen LogP contribution >= 0.6 is 15.9 Å². The maximum absolute atomic E-state index is 5.82. The monoisotopic (exact) mass is 282 g/mol. The largest absolute Gasteiger partial charge is 0.330 e. The lowest BCUT2D eigenvalue weighted by molar-refractivity contribution is 0.141. The van der Waals surface area contributed by atoms with E-state index in [0.29, 0.717) is 5.41 Å². The van der Waals surface area contributed by atoms with Crippen molar-refractivity contribution in [2.45, 2.75) is 25.8 Å². The Bertz CT molecular complexity index is 342. The lowest BCUT2D eigenvalue weighted by Crippen LogP contribution is -2.45. The zero-order valence-electron chi connectivity index (χ0n) is 9.51. The molecule has 16 heavy (non-hydrogen) atoms. The number of rotatable bonds is 5. The van der Waals surface area contributed by atoms with Gasteiger partial charge in [0.15, 0.2) is 0 Å². The van der Waals surface area contributed by atoms with Crippen LogP contribution in [-0.4, -0.2) is 13.1 Å². The van der Waals surface area contributed by atoms with Crippen LogP contribution in [0, 0.1) is 5.41 Å². The van der Waals surface area contributed by atoms with Gasteiger partial charge in [0.2, 0.25) is 0 Å². The number of hydrogen-bond donors (Lipinski definition) is 2. The van der Waals surface area contributed by atoms with Crippen molar-refractivity contribution in [2.75, 3.05) is 13.1 Å². The van der Waals surface area contributed by atoms with Crippen molar-refractivity contribution < 1.29 is 0 Å². The molecule has 88 valence electrons. The molecular formula is C13H19BrN2. The van der Waals surface area contributed by atoms with Gasteiger partial charge in [-0.15, -0.1) is 0 Å². The first-order valence-electron chi connectivity index (χ1n) is 5.89. The van der Waals surface area contributed by atoms with E-state index in [-0.39, 0.29) is 0 Å². The van der Waals surface area contributed by atoms with E-state index >= 15 is 0 Å². The van der Waals surface area contributed by atoms with Crippen LogP contribution in [0.4, 0.5) is 0 Å². The molecule has 1 fully saturated rings. The minimum Gasteiger partial charge on any atom is -0.330 e.